The van der Waals surface area contributed by atoms with Crippen LogP contribution in [0.4, 0.5) is 0 Å². The summed E-state index contributed by atoms with van der Waals surface area (Å²) in [5.41, 5.74) is 2.20. The second-order valence-corrected chi connectivity index (χ2v) is 4.36. The number of Topliss-reactive ketones (excluding diaryl/α,β-unsaturated/α-hetero) is 1. The van der Waals surface area contributed by atoms with Crippen molar-refractivity contribution in [3.05, 3.63) is 23.3 Å². The molecule has 1 unspecified atom stereocenters. The zero-order chi connectivity index (χ0) is 11.7. The molecular weight excluding hydrogens is 204 g/mol. The molecule has 86 valence electrons. The monoisotopic (exact) mass is 220 g/mol. The van der Waals surface area contributed by atoms with Crippen molar-refractivity contribution in [3.8, 4) is 11.5 Å². The quantitative estimate of drug-likeness (QED) is 0.785. The van der Waals surface area contributed by atoms with E-state index in [4.69, 9.17) is 9.47 Å². The molecule has 0 spiro atoms. The molecule has 0 N–H and O–H groups in total. The summed E-state index contributed by atoms with van der Waals surface area (Å²) in [5.74, 6) is 1.90. The highest BCUT2D eigenvalue weighted by molar-refractivity contribution is 5.78. The van der Waals surface area contributed by atoms with Gasteiger partial charge in [-0.15, -0.1) is 0 Å². The van der Waals surface area contributed by atoms with Gasteiger partial charge in [0.2, 0.25) is 6.79 Å². The molecule has 3 heteroatoms. The van der Waals surface area contributed by atoms with Crippen molar-refractivity contribution in [1.82, 2.24) is 0 Å². The summed E-state index contributed by atoms with van der Waals surface area (Å²) in [6, 6.07) is 4.03. The molecule has 1 aliphatic rings. The van der Waals surface area contributed by atoms with Crippen LogP contribution >= 0.6 is 0 Å². The number of ether oxygens (including phenoxy) is 2. The highest BCUT2D eigenvalue weighted by Crippen LogP contribution is 2.36. The Morgan fingerprint density at radius 2 is 2.19 bits per heavy atom. The maximum atomic E-state index is 11.2. The number of carbonyl (C=O) groups excluding carboxylic acids is 1. The van der Waals surface area contributed by atoms with Crippen LogP contribution in [0.15, 0.2) is 12.1 Å². The molecule has 1 heterocycles. The summed E-state index contributed by atoms with van der Waals surface area (Å²) < 4.78 is 10.7. The second-order valence-electron chi connectivity index (χ2n) is 4.36. The van der Waals surface area contributed by atoms with Gasteiger partial charge in [0.15, 0.2) is 11.5 Å². The van der Waals surface area contributed by atoms with Crippen molar-refractivity contribution in [1.29, 1.82) is 0 Å². The Morgan fingerprint density at radius 3 is 2.88 bits per heavy atom. The Labute approximate surface area is 95.4 Å². The second kappa shape index (κ2) is 4.16. The summed E-state index contributed by atoms with van der Waals surface area (Å²) >= 11 is 0. The van der Waals surface area contributed by atoms with Gasteiger partial charge in [-0.1, -0.05) is 13.0 Å². The highest BCUT2D eigenvalue weighted by atomic mass is 16.7. The zero-order valence-corrected chi connectivity index (χ0v) is 9.87. The lowest BCUT2D eigenvalue weighted by atomic mass is 9.96. The molecule has 1 atom stereocenters. The number of hydrogen-bond acceptors (Lipinski definition) is 3. The van der Waals surface area contributed by atoms with Crippen LogP contribution in [0.1, 0.15) is 25.0 Å². The zero-order valence-electron chi connectivity index (χ0n) is 9.87. The maximum Gasteiger partial charge on any atom is 0.231 e. The minimum atomic E-state index is 0.0553. The topological polar surface area (TPSA) is 35.5 Å². The third kappa shape index (κ3) is 2.03. The van der Waals surface area contributed by atoms with Gasteiger partial charge in [0.05, 0.1) is 0 Å². The van der Waals surface area contributed by atoms with Gasteiger partial charge in [-0.25, -0.2) is 0 Å². The first-order valence-corrected chi connectivity index (χ1v) is 5.47. The first kappa shape index (κ1) is 11.0. The van der Waals surface area contributed by atoms with Gasteiger partial charge < -0.3 is 9.47 Å². The van der Waals surface area contributed by atoms with Gasteiger partial charge in [-0.3, -0.25) is 4.79 Å². The van der Waals surface area contributed by atoms with Crippen LogP contribution in [-0.4, -0.2) is 12.6 Å². The largest absolute Gasteiger partial charge is 0.454 e. The van der Waals surface area contributed by atoms with Crippen molar-refractivity contribution < 1.29 is 14.3 Å². The van der Waals surface area contributed by atoms with Gasteiger partial charge in [0, 0.05) is 5.92 Å². The minimum Gasteiger partial charge on any atom is -0.454 e. The van der Waals surface area contributed by atoms with Gasteiger partial charge in [-0.2, -0.15) is 0 Å². The fourth-order valence-electron chi connectivity index (χ4n) is 1.87. The van der Waals surface area contributed by atoms with Crippen molar-refractivity contribution in [2.24, 2.45) is 5.92 Å². The number of ketones is 1. The van der Waals surface area contributed by atoms with Crippen molar-refractivity contribution in [2.75, 3.05) is 6.79 Å². The number of fused-ring (bicyclic) bond motifs is 1. The van der Waals surface area contributed by atoms with Gasteiger partial charge in [0.25, 0.3) is 0 Å². The molecule has 1 aliphatic heterocycles. The summed E-state index contributed by atoms with van der Waals surface area (Å²) in [6.07, 6.45) is 0.757. The summed E-state index contributed by atoms with van der Waals surface area (Å²) in [4.78, 5) is 11.2. The van der Waals surface area contributed by atoms with E-state index in [1.807, 2.05) is 19.9 Å². The summed E-state index contributed by atoms with van der Waals surface area (Å²) in [7, 11) is 0. The molecule has 1 aromatic rings. The van der Waals surface area contributed by atoms with E-state index in [-0.39, 0.29) is 11.7 Å². The van der Waals surface area contributed by atoms with Crippen molar-refractivity contribution >= 4 is 5.78 Å². The molecule has 0 aromatic heterocycles. The number of rotatable bonds is 3. The predicted octanol–water partition coefficient (Wildman–Crippen LogP) is 2.49. The molecule has 0 fully saturated rings. The summed E-state index contributed by atoms with van der Waals surface area (Å²) in [5, 5.41) is 0. The predicted molar refractivity (Wildman–Crippen MR) is 60.9 cm³/mol. The van der Waals surface area contributed by atoms with E-state index >= 15 is 0 Å². The SMILES string of the molecule is CC(=O)C(C)Cc1cc(C)c2c(c1)OCO2. The van der Waals surface area contributed by atoms with E-state index in [1.165, 1.54) is 0 Å². The van der Waals surface area contributed by atoms with E-state index in [9.17, 15) is 4.79 Å². The fourth-order valence-corrected chi connectivity index (χ4v) is 1.87. The molecule has 0 radical (unpaired) electrons. The number of aryl methyl sites for hydroxylation is 1. The molecule has 0 bridgehead atoms. The van der Waals surface area contributed by atoms with E-state index in [0.29, 0.717) is 6.79 Å². The standard InChI is InChI=1S/C13H16O3/c1-8(10(3)14)4-11-5-9(2)13-12(6-11)15-7-16-13/h5-6,8H,4,7H2,1-3H3. The molecule has 16 heavy (non-hydrogen) atoms. The van der Waals surface area contributed by atoms with E-state index in [2.05, 4.69) is 6.07 Å². The van der Waals surface area contributed by atoms with Gasteiger partial charge >= 0.3 is 0 Å². The van der Waals surface area contributed by atoms with Gasteiger partial charge in [-0.05, 0) is 37.5 Å². The van der Waals surface area contributed by atoms with E-state index < -0.39 is 0 Å². The van der Waals surface area contributed by atoms with E-state index in [1.54, 1.807) is 6.92 Å². The van der Waals surface area contributed by atoms with Crippen LogP contribution in [0, 0.1) is 12.8 Å². The van der Waals surface area contributed by atoms with Crippen LogP contribution in [-0.2, 0) is 11.2 Å². The van der Waals surface area contributed by atoms with Crippen molar-refractivity contribution in [3.63, 3.8) is 0 Å². The lowest BCUT2D eigenvalue weighted by molar-refractivity contribution is -0.120. The fraction of sp³-hybridized carbons (Fsp3) is 0.462. The van der Waals surface area contributed by atoms with Crippen LogP contribution in [0.2, 0.25) is 0 Å². The Balaban J connectivity index is 2.23. The normalized spacial score (nSPS) is 14.9. The van der Waals surface area contributed by atoms with E-state index in [0.717, 1.165) is 29.0 Å². The highest BCUT2D eigenvalue weighted by Gasteiger charge is 2.18. The maximum absolute atomic E-state index is 11.2. The Bertz CT molecular complexity index is 423. The average molecular weight is 220 g/mol. The lowest BCUT2D eigenvalue weighted by Gasteiger charge is -2.09. The third-order valence-corrected chi connectivity index (χ3v) is 2.95. The molecular formula is C13H16O3. The smallest absolute Gasteiger partial charge is 0.231 e. The molecule has 3 nitrogen and oxygen atoms in total. The van der Waals surface area contributed by atoms with Crippen LogP contribution in [0.25, 0.3) is 0 Å². The van der Waals surface area contributed by atoms with Crippen LogP contribution < -0.4 is 9.47 Å². The molecule has 0 aliphatic carbocycles. The molecule has 0 saturated heterocycles. The molecule has 0 amide bonds. The number of benzene rings is 1. The average Bonchev–Trinajstić information content (AvgIpc) is 2.65. The molecule has 0 saturated carbocycles. The lowest BCUT2D eigenvalue weighted by Crippen LogP contribution is -2.09. The molecule has 1 aromatic carbocycles. The van der Waals surface area contributed by atoms with Crippen LogP contribution in [0.3, 0.4) is 0 Å². The number of carbonyl (C=O) groups is 1. The Hall–Kier alpha value is -1.51. The minimum absolute atomic E-state index is 0.0553. The third-order valence-electron chi connectivity index (χ3n) is 2.95. The Kier molecular flexibility index (Phi) is 2.86. The van der Waals surface area contributed by atoms with Gasteiger partial charge in [0.1, 0.15) is 5.78 Å². The Morgan fingerprint density at radius 1 is 1.44 bits per heavy atom. The molecule has 2 rings (SSSR count). The van der Waals surface area contributed by atoms with Crippen LogP contribution in [0.5, 0.6) is 11.5 Å². The van der Waals surface area contributed by atoms with Crippen molar-refractivity contribution in [2.45, 2.75) is 27.2 Å². The first-order chi connectivity index (χ1) is 7.58. The first-order valence-electron chi connectivity index (χ1n) is 5.47. The summed E-state index contributed by atoms with van der Waals surface area (Å²) in [6.45, 7) is 5.87. The number of hydrogen-bond donors (Lipinski definition) is 0.